The van der Waals surface area contributed by atoms with Crippen molar-refractivity contribution in [3.05, 3.63) is 30.2 Å². The summed E-state index contributed by atoms with van der Waals surface area (Å²) < 4.78 is 1.91. The first-order valence-corrected chi connectivity index (χ1v) is 7.91. The summed E-state index contributed by atoms with van der Waals surface area (Å²) in [6.07, 6.45) is 2.52. The molecule has 2 aromatic heterocycles. The molecule has 2 rings (SSSR count). The van der Waals surface area contributed by atoms with Crippen molar-refractivity contribution < 1.29 is 9.59 Å². The summed E-state index contributed by atoms with van der Waals surface area (Å²) in [4.78, 5) is 23.7. The number of carbonyl (C=O) groups excluding carboxylic acids is 2. The average molecular weight is 332 g/mol. The van der Waals surface area contributed by atoms with Crippen LogP contribution in [0.2, 0.25) is 0 Å². The van der Waals surface area contributed by atoms with Crippen LogP contribution in [0.4, 0.5) is 4.79 Å². The van der Waals surface area contributed by atoms with Crippen molar-refractivity contribution >= 4 is 17.6 Å². The van der Waals surface area contributed by atoms with E-state index >= 15 is 0 Å². The molecule has 2 aromatic rings. The van der Waals surface area contributed by atoms with Gasteiger partial charge in [0.25, 0.3) is 0 Å². The maximum Gasteiger partial charge on any atom is 0.321 e. The number of nitrogens with zero attached hydrogens (tertiary/aromatic N) is 3. The lowest BCUT2D eigenvalue weighted by atomic mass is 10.1. The zero-order valence-corrected chi connectivity index (χ0v) is 14.5. The van der Waals surface area contributed by atoms with E-state index in [0.717, 1.165) is 11.5 Å². The summed E-state index contributed by atoms with van der Waals surface area (Å²) >= 11 is 0. The number of amides is 3. The van der Waals surface area contributed by atoms with Gasteiger partial charge in [-0.1, -0.05) is 6.07 Å². The molecule has 1 unspecified atom stereocenters. The van der Waals surface area contributed by atoms with Gasteiger partial charge in [0.15, 0.2) is 5.65 Å². The summed E-state index contributed by atoms with van der Waals surface area (Å²) in [5, 5.41) is 16.3. The predicted octanol–water partition coefficient (Wildman–Crippen LogP) is 0.874. The van der Waals surface area contributed by atoms with E-state index in [2.05, 4.69) is 26.1 Å². The first-order chi connectivity index (χ1) is 11.3. The van der Waals surface area contributed by atoms with Crippen molar-refractivity contribution in [1.82, 2.24) is 30.5 Å². The van der Waals surface area contributed by atoms with Crippen molar-refractivity contribution in [2.45, 2.75) is 45.7 Å². The van der Waals surface area contributed by atoms with E-state index in [1.165, 1.54) is 0 Å². The molecule has 3 N–H and O–H groups in total. The van der Waals surface area contributed by atoms with Crippen LogP contribution < -0.4 is 16.0 Å². The second-order valence-electron chi connectivity index (χ2n) is 6.66. The van der Waals surface area contributed by atoms with E-state index in [4.69, 9.17) is 0 Å². The summed E-state index contributed by atoms with van der Waals surface area (Å²) in [6, 6.07) is 4.71. The Morgan fingerprint density at radius 1 is 1.25 bits per heavy atom. The zero-order valence-electron chi connectivity index (χ0n) is 14.5. The van der Waals surface area contributed by atoms with E-state index in [1.807, 2.05) is 49.6 Å². The minimum absolute atomic E-state index is 0.372. The van der Waals surface area contributed by atoms with E-state index in [-0.39, 0.29) is 5.91 Å². The van der Waals surface area contributed by atoms with Gasteiger partial charge >= 0.3 is 6.03 Å². The normalized spacial score (nSPS) is 12.8. The van der Waals surface area contributed by atoms with Crippen molar-refractivity contribution in [2.75, 3.05) is 6.54 Å². The van der Waals surface area contributed by atoms with E-state index in [1.54, 1.807) is 6.92 Å². The van der Waals surface area contributed by atoms with Crippen molar-refractivity contribution in [3.63, 3.8) is 0 Å². The predicted molar refractivity (Wildman–Crippen MR) is 90.6 cm³/mol. The fourth-order valence-electron chi connectivity index (χ4n) is 2.15. The van der Waals surface area contributed by atoms with Crippen molar-refractivity contribution in [1.29, 1.82) is 0 Å². The molecule has 0 spiro atoms. The molecule has 2 heterocycles. The Morgan fingerprint density at radius 2 is 2.00 bits per heavy atom. The third-order valence-electron chi connectivity index (χ3n) is 3.30. The van der Waals surface area contributed by atoms with Gasteiger partial charge in [-0.05, 0) is 39.8 Å². The molecule has 0 aliphatic rings. The number of fused-ring (bicyclic) bond motifs is 1. The molecule has 24 heavy (non-hydrogen) atoms. The Labute approximate surface area is 141 Å². The molecule has 8 nitrogen and oxygen atoms in total. The number of aromatic nitrogens is 3. The van der Waals surface area contributed by atoms with Crippen molar-refractivity contribution in [3.8, 4) is 0 Å². The van der Waals surface area contributed by atoms with Crippen LogP contribution in [0.3, 0.4) is 0 Å². The molecular weight excluding hydrogens is 308 g/mol. The fraction of sp³-hybridized carbons (Fsp3) is 0.500. The molecule has 0 radical (unpaired) electrons. The highest BCUT2D eigenvalue weighted by Gasteiger charge is 2.19. The molecule has 8 heteroatoms. The topological polar surface area (TPSA) is 100 Å². The fourth-order valence-corrected chi connectivity index (χ4v) is 2.15. The molecule has 0 aliphatic carbocycles. The third kappa shape index (κ3) is 5.02. The standard InChI is InChI=1S/C16H24N6O2/c1-11(14(23)18-15(24)19-16(2,3)4)17-9-8-13-21-20-12-7-5-6-10-22(12)13/h5-7,10-11,17H,8-9H2,1-4H3,(H2,18,19,23,24). The van der Waals surface area contributed by atoms with Crippen LogP contribution in [0.5, 0.6) is 0 Å². The quantitative estimate of drug-likeness (QED) is 0.754. The Kier molecular flexibility index (Phi) is 5.50. The maximum atomic E-state index is 12.0. The van der Waals surface area contributed by atoms with Gasteiger partial charge in [-0.2, -0.15) is 0 Å². The molecule has 0 aliphatic heterocycles. The second-order valence-corrected chi connectivity index (χ2v) is 6.66. The Morgan fingerprint density at radius 3 is 2.71 bits per heavy atom. The lowest BCUT2D eigenvalue weighted by Gasteiger charge is -2.21. The summed E-state index contributed by atoms with van der Waals surface area (Å²) in [5.74, 6) is 0.444. The van der Waals surface area contributed by atoms with Crippen LogP contribution in [-0.2, 0) is 11.2 Å². The number of hydrogen-bond donors (Lipinski definition) is 3. The van der Waals surface area contributed by atoms with Gasteiger partial charge in [-0.25, -0.2) is 4.79 Å². The smallest absolute Gasteiger partial charge is 0.321 e. The number of carbonyl (C=O) groups is 2. The first-order valence-electron chi connectivity index (χ1n) is 7.91. The average Bonchev–Trinajstić information content (AvgIpc) is 2.88. The van der Waals surface area contributed by atoms with Crippen LogP contribution in [0.15, 0.2) is 24.4 Å². The van der Waals surface area contributed by atoms with E-state index in [9.17, 15) is 9.59 Å². The molecule has 0 bridgehead atoms. The molecule has 0 saturated heterocycles. The van der Waals surface area contributed by atoms with Crippen molar-refractivity contribution in [2.24, 2.45) is 0 Å². The van der Waals surface area contributed by atoms with Crippen LogP contribution in [0, 0.1) is 0 Å². The second kappa shape index (κ2) is 7.39. The lowest BCUT2D eigenvalue weighted by molar-refractivity contribution is -0.121. The van der Waals surface area contributed by atoms with Gasteiger partial charge in [0.05, 0.1) is 6.04 Å². The highest BCUT2D eigenvalue weighted by atomic mass is 16.2. The Bertz CT molecular complexity index is 719. The number of nitrogens with one attached hydrogen (secondary N) is 3. The highest BCUT2D eigenvalue weighted by Crippen LogP contribution is 2.03. The number of urea groups is 1. The summed E-state index contributed by atoms with van der Waals surface area (Å²) in [7, 11) is 0. The third-order valence-corrected chi connectivity index (χ3v) is 3.30. The minimum Gasteiger partial charge on any atom is -0.333 e. The molecular formula is C16H24N6O2. The van der Waals surface area contributed by atoms with Gasteiger partial charge in [0.2, 0.25) is 5.91 Å². The van der Waals surface area contributed by atoms with Gasteiger partial charge in [0, 0.05) is 24.7 Å². The van der Waals surface area contributed by atoms with E-state index < -0.39 is 17.6 Å². The van der Waals surface area contributed by atoms with Gasteiger partial charge < -0.3 is 10.6 Å². The van der Waals surface area contributed by atoms with Gasteiger partial charge in [-0.15, -0.1) is 10.2 Å². The molecule has 3 amide bonds. The SMILES string of the molecule is CC(NCCc1nnc2ccccn12)C(=O)NC(=O)NC(C)(C)C. The molecule has 0 fully saturated rings. The number of pyridine rings is 1. The van der Waals surface area contributed by atoms with Crippen LogP contribution in [0.25, 0.3) is 5.65 Å². The largest absolute Gasteiger partial charge is 0.333 e. The Balaban J connectivity index is 1.79. The van der Waals surface area contributed by atoms with Crippen LogP contribution in [-0.4, -0.2) is 44.7 Å². The lowest BCUT2D eigenvalue weighted by Crippen LogP contribution is -2.52. The number of imide groups is 1. The summed E-state index contributed by atoms with van der Waals surface area (Å²) in [5.41, 5.74) is 0.396. The first kappa shape index (κ1) is 17.9. The van der Waals surface area contributed by atoms with Crippen LogP contribution in [0.1, 0.15) is 33.5 Å². The molecule has 0 saturated carbocycles. The monoisotopic (exact) mass is 332 g/mol. The Hall–Kier alpha value is -2.48. The highest BCUT2D eigenvalue weighted by molar-refractivity contribution is 5.97. The molecule has 0 aromatic carbocycles. The molecule has 130 valence electrons. The maximum absolute atomic E-state index is 12.0. The van der Waals surface area contributed by atoms with Crippen LogP contribution >= 0.6 is 0 Å². The molecule has 1 atom stereocenters. The number of rotatable bonds is 5. The van der Waals surface area contributed by atoms with E-state index in [0.29, 0.717) is 13.0 Å². The summed E-state index contributed by atoms with van der Waals surface area (Å²) in [6.45, 7) is 7.80. The van der Waals surface area contributed by atoms with Gasteiger partial charge in [0.1, 0.15) is 5.82 Å². The zero-order chi connectivity index (χ0) is 17.7. The minimum atomic E-state index is -0.496. The van der Waals surface area contributed by atoms with Gasteiger partial charge in [-0.3, -0.25) is 14.5 Å². The number of hydrogen-bond acceptors (Lipinski definition) is 5.